The van der Waals surface area contributed by atoms with Crippen LogP contribution in [0.15, 0.2) is 24.3 Å². The third kappa shape index (κ3) is 3.70. The Morgan fingerprint density at radius 2 is 1.85 bits per heavy atom. The quantitative estimate of drug-likeness (QED) is 0.842. The number of likely N-dealkylation sites (N-methyl/N-ethyl adjacent to an activating group) is 1. The zero-order valence-corrected chi connectivity index (χ0v) is 12.0. The minimum Gasteiger partial charge on any atom is -0.481 e. The van der Waals surface area contributed by atoms with E-state index in [0.29, 0.717) is 5.75 Å². The lowest BCUT2D eigenvalue weighted by Gasteiger charge is -2.35. The van der Waals surface area contributed by atoms with E-state index >= 15 is 0 Å². The second-order valence-corrected chi connectivity index (χ2v) is 4.97. The summed E-state index contributed by atoms with van der Waals surface area (Å²) in [7, 11) is 0. The Morgan fingerprint density at radius 1 is 1.25 bits per heavy atom. The minimum absolute atomic E-state index is 0.00919. The van der Waals surface area contributed by atoms with Crippen LogP contribution in [-0.4, -0.2) is 54.5 Å². The van der Waals surface area contributed by atoms with Crippen molar-refractivity contribution in [1.82, 2.24) is 9.80 Å². The van der Waals surface area contributed by atoms with E-state index < -0.39 is 6.10 Å². The van der Waals surface area contributed by atoms with E-state index in [9.17, 15) is 9.18 Å². The molecule has 1 fully saturated rings. The van der Waals surface area contributed by atoms with Gasteiger partial charge >= 0.3 is 0 Å². The first-order valence-electron chi connectivity index (χ1n) is 7.03. The average Bonchev–Trinajstić information content (AvgIpc) is 2.49. The predicted octanol–water partition coefficient (Wildman–Crippen LogP) is 1.76. The van der Waals surface area contributed by atoms with Gasteiger partial charge in [-0.2, -0.15) is 0 Å². The average molecular weight is 280 g/mol. The fourth-order valence-corrected chi connectivity index (χ4v) is 2.31. The molecule has 0 bridgehead atoms. The van der Waals surface area contributed by atoms with Crippen molar-refractivity contribution >= 4 is 5.91 Å². The Hall–Kier alpha value is -1.62. The van der Waals surface area contributed by atoms with Crippen LogP contribution in [0.25, 0.3) is 0 Å². The van der Waals surface area contributed by atoms with E-state index in [2.05, 4.69) is 11.8 Å². The number of hydrogen-bond acceptors (Lipinski definition) is 3. The number of ether oxygens (including phenoxy) is 1. The van der Waals surface area contributed by atoms with Gasteiger partial charge in [0.25, 0.3) is 5.91 Å². The molecular formula is C15H21FN2O2. The van der Waals surface area contributed by atoms with E-state index in [1.54, 1.807) is 6.92 Å². The van der Waals surface area contributed by atoms with Gasteiger partial charge in [-0.15, -0.1) is 0 Å². The summed E-state index contributed by atoms with van der Waals surface area (Å²) in [6.45, 7) is 8.17. The van der Waals surface area contributed by atoms with Gasteiger partial charge in [-0.05, 0) is 37.7 Å². The smallest absolute Gasteiger partial charge is 0.263 e. The summed E-state index contributed by atoms with van der Waals surface area (Å²) in [4.78, 5) is 16.4. The lowest BCUT2D eigenvalue weighted by molar-refractivity contribution is -0.139. The van der Waals surface area contributed by atoms with Crippen molar-refractivity contribution in [3.8, 4) is 5.75 Å². The number of piperazine rings is 1. The van der Waals surface area contributed by atoms with E-state index in [-0.39, 0.29) is 11.7 Å². The molecule has 110 valence electrons. The van der Waals surface area contributed by atoms with Crippen LogP contribution in [0, 0.1) is 5.82 Å². The van der Waals surface area contributed by atoms with Crippen LogP contribution in [0.5, 0.6) is 5.75 Å². The van der Waals surface area contributed by atoms with Crippen molar-refractivity contribution in [2.24, 2.45) is 0 Å². The van der Waals surface area contributed by atoms with Gasteiger partial charge < -0.3 is 14.5 Å². The van der Waals surface area contributed by atoms with Gasteiger partial charge in [-0.3, -0.25) is 4.79 Å². The second-order valence-electron chi connectivity index (χ2n) is 4.97. The SMILES string of the molecule is CCN1CCN(C(=O)[C@H](C)Oc2ccc(F)cc2)CC1. The van der Waals surface area contributed by atoms with Crippen LogP contribution < -0.4 is 4.74 Å². The molecule has 1 atom stereocenters. The maximum absolute atomic E-state index is 12.8. The van der Waals surface area contributed by atoms with Gasteiger partial charge in [-0.1, -0.05) is 6.92 Å². The highest BCUT2D eigenvalue weighted by Crippen LogP contribution is 2.14. The zero-order valence-electron chi connectivity index (χ0n) is 12.0. The fraction of sp³-hybridized carbons (Fsp3) is 0.533. The van der Waals surface area contributed by atoms with Crippen molar-refractivity contribution in [3.63, 3.8) is 0 Å². The first-order valence-corrected chi connectivity index (χ1v) is 7.03. The molecule has 0 aromatic heterocycles. The predicted molar refractivity (Wildman–Crippen MR) is 75.2 cm³/mol. The highest BCUT2D eigenvalue weighted by molar-refractivity contribution is 5.81. The van der Waals surface area contributed by atoms with Crippen molar-refractivity contribution in [1.29, 1.82) is 0 Å². The Bertz CT molecular complexity index is 442. The number of benzene rings is 1. The maximum Gasteiger partial charge on any atom is 0.263 e. The van der Waals surface area contributed by atoms with Gasteiger partial charge in [0.15, 0.2) is 6.10 Å². The molecule has 1 aromatic carbocycles. The summed E-state index contributed by atoms with van der Waals surface area (Å²) in [5.74, 6) is 0.191. The summed E-state index contributed by atoms with van der Waals surface area (Å²) in [6, 6.07) is 5.72. The van der Waals surface area contributed by atoms with Crippen LogP contribution in [0.1, 0.15) is 13.8 Å². The molecule has 20 heavy (non-hydrogen) atoms. The number of rotatable bonds is 4. The normalized spacial score (nSPS) is 17.9. The number of halogens is 1. The molecule has 4 nitrogen and oxygen atoms in total. The van der Waals surface area contributed by atoms with Crippen molar-refractivity contribution in [2.75, 3.05) is 32.7 Å². The molecule has 1 aliphatic heterocycles. The fourth-order valence-electron chi connectivity index (χ4n) is 2.31. The molecule has 1 amide bonds. The number of carbonyl (C=O) groups is 1. The minimum atomic E-state index is -0.548. The summed E-state index contributed by atoms with van der Waals surface area (Å²) in [6.07, 6.45) is -0.548. The van der Waals surface area contributed by atoms with Crippen LogP contribution in [-0.2, 0) is 4.79 Å². The molecular weight excluding hydrogens is 259 g/mol. The van der Waals surface area contributed by atoms with Gasteiger partial charge in [-0.25, -0.2) is 4.39 Å². The van der Waals surface area contributed by atoms with E-state index in [4.69, 9.17) is 4.74 Å². The molecule has 0 saturated carbocycles. The molecule has 5 heteroatoms. The number of amides is 1. The third-order valence-corrected chi connectivity index (χ3v) is 3.61. The Labute approximate surface area is 119 Å². The second kappa shape index (κ2) is 6.70. The standard InChI is InChI=1S/C15H21FN2O2/c1-3-17-8-10-18(11-9-17)15(19)12(2)20-14-6-4-13(16)5-7-14/h4-7,12H,3,8-11H2,1-2H3/t12-/m0/s1. The Morgan fingerprint density at radius 3 is 2.40 bits per heavy atom. The summed E-state index contributed by atoms with van der Waals surface area (Å²) < 4.78 is 18.4. The number of hydrogen-bond donors (Lipinski definition) is 0. The van der Waals surface area contributed by atoms with E-state index in [0.717, 1.165) is 32.7 Å². The largest absolute Gasteiger partial charge is 0.481 e. The van der Waals surface area contributed by atoms with E-state index in [1.807, 2.05) is 4.90 Å². The molecule has 0 spiro atoms. The van der Waals surface area contributed by atoms with E-state index in [1.165, 1.54) is 24.3 Å². The Balaban J connectivity index is 1.87. The van der Waals surface area contributed by atoms with Gasteiger partial charge in [0.05, 0.1) is 0 Å². The van der Waals surface area contributed by atoms with Crippen LogP contribution >= 0.6 is 0 Å². The molecule has 0 radical (unpaired) electrons. The summed E-state index contributed by atoms with van der Waals surface area (Å²) in [5, 5.41) is 0. The van der Waals surface area contributed by atoms with Gasteiger partial charge in [0.1, 0.15) is 11.6 Å². The first kappa shape index (κ1) is 14.8. The lowest BCUT2D eigenvalue weighted by Crippen LogP contribution is -2.51. The lowest BCUT2D eigenvalue weighted by atomic mass is 10.2. The summed E-state index contributed by atoms with van der Waals surface area (Å²) >= 11 is 0. The van der Waals surface area contributed by atoms with Crippen LogP contribution in [0.2, 0.25) is 0 Å². The number of carbonyl (C=O) groups excluding carboxylic acids is 1. The van der Waals surface area contributed by atoms with Gasteiger partial charge in [0.2, 0.25) is 0 Å². The molecule has 0 unspecified atom stereocenters. The highest BCUT2D eigenvalue weighted by Gasteiger charge is 2.25. The molecule has 1 aliphatic rings. The van der Waals surface area contributed by atoms with Crippen molar-refractivity contribution in [3.05, 3.63) is 30.1 Å². The highest BCUT2D eigenvalue weighted by atomic mass is 19.1. The zero-order chi connectivity index (χ0) is 14.5. The molecule has 1 aromatic rings. The molecule has 1 heterocycles. The molecule has 2 rings (SSSR count). The van der Waals surface area contributed by atoms with Crippen LogP contribution in [0.3, 0.4) is 0 Å². The molecule has 1 saturated heterocycles. The van der Waals surface area contributed by atoms with Gasteiger partial charge in [0, 0.05) is 26.2 Å². The maximum atomic E-state index is 12.8. The summed E-state index contributed by atoms with van der Waals surface area (Å²) in [5.41, 5.74) is 0. The van der Waals surface area contributed by atoms with Crippen molar-refractivity contribution in [2.45, 2.75) is 20.0 Å². The third-order valence-electron chi connectivity index (χ3n) is 3.61. The topological polar surface area (TPSA) is 32.8 Å². The van der Waals surface area contributed by atoms with Crippen molar-refractivity contribution < 1.29 is 13.9 Å². The Kier molecular flexibility index (Phi) is 4.95. The molecule has 0 N–H and O–H groups in total. The molecule has 0 aliphatic carbocycles. The van der Waals surface area contributed by atoms with Crippen LogP contribution in [0.4, 0.5) is 4.39 Å². The first-order chi connectivity index (χ1) is 9.60. The number of nitrogens with zero attached hydrogens (tertiary/aromatic N) is 2. The monoisotopic (exact) mass is 280 g/mol.